The van der Waals surface area contributed by atoms with Crippen molar-refractivity contribution < 1.29 is 5.21 Å². The van der Waals surface area contributed by atoms with Crippen molar-refractivity contribution in [3.05, 3.63) is 71.8 Å². The van der Waals surface area contributed by atoms with Gasteiger partial charge >= 0.3 is 0 Å². The van der Waals surface area contributed by atoms with Crippen molar-refractivity contribution in [2.24, 2.45) is 0 Å². The van der Waals surface area contributed by atoms with E-state index in [0.29, 0.717) is 13.1 Å². The Labute approximate surface area is 130 Å². The highest BCUT2D eigenvalue weighted by molar-refractivity contribution is 6.25. The highest BCUT2D eigenvalue weighted by atomic mass is 35.5. The summed E-state index contributed by atoms with van der Waals surface area (Å²) in [5.41, 5.74) is 2.12. The lowest BCUT2D eigenvalue weighted by Crippen LogP contribution is -2.52. The molecule has 3 nitrogen and oxygen atoms in total. The molecule has 0 spiro atoms. The molecule has 0 amide bonds. The van der Waals surface area contributed by atoms with Crippen molar-refractivity contribution in [1.82, 2.24) is 9.96 Å². The standard InChI is InChI=1S/C17H19ClN2O/c18-17(15-7-3-1-4-8-15,16-9-5-2-6-10-16)19-11-13-20(21)14-12-19/h1-10,21H,11-14H2. The van der Waals surface area contributed by atoms with Gasteiger partial charge in [-0.2, -0.15) is 5.06 Å². The average Bonchev–Trinajstić information content (AvgIpc) is 2.56. The Morgan fingerprint density at radius 1 is 0.762 bits per heavy atom. The highest BCUT2D eigenvalue weighted by Crippen LogP contribution is 2.40. The van der Waals surface area contributed by atoms with Gasteiger partial charge in [0.25, 0.3) is 0 Å². The molecule has 0 bridgehead atoms. The summed E-state index contributed by atoms with van der Waals surface area (Å²) in [6, 6.07) is 20.3. The van der Waals surface area contributed by atoms with Crippen LogP contribution in [-0.2, 0) is 5.00 Å². The molecule has 21 heavy (non-hydrogen) atoms. The van der Waals surface area contributed by atoms with Crippen LogP contribution in [0.1, 0.15) is 11.1 Å². The summed E-state index contributed by atoms with van der Waals surface area (Å²) in [5.74, 6) is 0. The molecule has 1 saturated heterocycles. The van der Waals surface area contributed by atoms with Gasteiger partial charge in [-0.15, -0.1) is 0 Å². The van der Waals surface area contributed by atoms with Gasteiger partial charge in [0.2, 0.25) is 0 Å². The maximum Gasteiger partial charge on any atom is 0.147 e. The predicted octanol–water partition coefficient (Wildman–Crippen LogP) is 3.13. The van der Waals surface area contributed by atoms with Crippen molar-refractivity contribution in [2.45, 2.75) is 5.00 Å². The molecule has 1 aliphatic rings. The molecule has 0 radical (unpaired) electrons. The van der Waals surface area contributed by atoms with E-state index in [1.165, 1.54) is 5.06 Å². The Kier molecular flexibility index (Phi) is 4.27. The SMILES string of the molecule is ON1CCN(C(Cl)(c2ccccc2)c2ccccc2)CC1. The molecule has 0 unspecified atom stereocenters. The van der Waals surface area contributed by atoms with Crippen LogP contribution in [0.4, 0.5) is 0 Å². The van der Waals surface area contributed by atoms with Crippen molar-refractivity contribution >= 4 is 11.6 Å². The molecule has 1 aliphatic heterocycles. The van der Waals surface area contributed by atoms with Gasteiger partial charge in [0.15, 0.2) is 0 Å². The van der Waals surface area contributed by atoms with E-state index in [0.717, 1.165) is 24.2 Å². The third-order valence-electron chi connectivity index (χ3n) is 4.00. The minimum absolute atomic E-state index is 0.605. The molecule has 0 saturated carbocycles. The molecule has 1 fully saturated rings. The molecule has 0 aliphatic carbocycles. The number of hydroxylamine groups is 2. The van der Waals surface area contributed by atoms with Crippen molar-refractivity contribution in [1.29, 1.82) is 0 Å². The highest BCUT2D eigenvalue weighted by Gasteiger charge is 2.39. The smallest absolute Gasteiger partial charge is 0.147 e. The normalized spacial score (nSPS) is 17.8. The molecular weight excluding hydrogens is 284 g/mol. The van der Waals surface area contributed by atoms with Gasteiger partial charge in [0, 0.05) is 26.2 Å². The molecule has 0 aromatic heterocycles. The molecule has 1 N–H and O–H groups in total. The van der Waals surface area contributed by atoms with Crippen LogP contribution >= 0.6 is 11.6 Å². The van der Waals surface area contributed by atoms with Crippen LogP contribution < -0.4 is 0 Å². The summed E-state index contributed by atoms with van der Waals surface area (Å²) in [7, 11) is 0. The van der Waals surface area contributed by atoms with Crippen molar-refractivity contribution in [3.8, 4) is 0 Å². The van der Waals surface area contributed by atoms with Crippen molar-refractivity contribution in [3.63, 3.8) is 0 Å². The Bertz CT molecular complexity index is 528. The van der Waals surface area contributed by atoms with E-state index >= 15 is 0 Å². The van der Waals surface area contributed by atoms with Crippen LogP contribution in [0.25, 0.3) is 0 Å². The number of hydrogen-bond acceptors (Lipinski definition) is 3. The number of piperazine rings is 1. The molecule has 2 aromatic carbocycles. The van der Waals surface area contributed by atoms with Gasteiger partial charge in [-0.05, 0) is 11.1 Å². The predicted molar refractivity (Wildman–Crippen MR) is 84.4 cm³/mol. The van der Waals surface area contributed by atoms with Crippen LogP contribution in [0, 0.1) is 0 Å². The first-order valence-electron chi connectivity index (χ1n) is 7.20. The number of rotatable bonds is 3. The van der Waals surface area contributed by atoms with Gasteiger partial charge in [0.05, 0.1) is 0 Å². The second-order valence-corrected chi connectivity index (χ2v) is 5.84. The van der Waals surface area contributed by atoms with Crippen LogP contribution in [0.2, 0.25) is 0 Å². The Morgan fingerprint density at radius 2 is 1.19 bits per heavy atom. The summed E-state index contributed by atoms with van der Waals surface area (Å²) in [6.07, 6.45) is 0. The third kappa shape index (κ3) is 2.83. The second-order valence-electron chi connectivity index (χ2n) is 5.29. The Morgan fingerprint density at radius 3 is 1.62 bits per heavy atom. The first kappa shape index (κ1) is 14.5. The summed E-state index contributed by atoms with van der Waals surface area (Å²) < 4.78 is 0. The van der Waals surface area contributed by atoms with Crippen LogP contribution in [-0.4, -0.2) is 41.3 Å². The Hall–Kier alpha value is -1.39. The lowest BCUT2D eigenvalue weighted by atomic mass is 9.95. The fourth-order valence-electron chi connectivity index (χ4n) is 2.85. The monoisotopic (exact) mass is 302 g/mol. The quantitative estimate of drug-likeness (QED) is 0.697. The molecule has 1 heterocycles. The first-order valence-corrected chi connectivity index (χ1v) is 7.58. The van der Waals surface area contributed by atoms with E-state index in [1.807, 2.05) is 36.4 Å². The number of nitrogens with zero attached hydrogens (tertiary/aromatic N) is 2. The average molecular weight is 303 g/mol. The molecule has 3 rings (SSSR count). The molecule has 110 valence electrons. The largest absolute Gasteiger partial charge is 0.314 e. The van der Waals surface area contributed by atoms with E-state index in [1.54, 1.807) is 0 Å². The summed E-state index contributed by atoms with van der Waals surface area (Å²) in [5, 5.41) is 10.9. The van der Waals surface area contributed by atoms with Gasteiger partial charge < -0.3 is 5.21 Å². The van der Waals surface area contributed by atoms with Crippen LogP contribution in [0.5, 0.6) is 0 Å². The van der Waals surface area contributed by atoms with Crippen molar-refractivity contribution in [2.75, 3.05) is 26.2 Å². The third-order valence-corrected chi connectivity index (χ3v) is 4.68. The summed E-state index contributed by atoms with van der Waals surface area (Å²) in [4.78, 5) is 1.54. The maximum atomic E-state index is 9.60. The Balaban J connectivity index is 2.03. The first-order chi connectivity index (χ1) is 10.2. The van der Waals surface area contributed by atoms with Gasteiger partial charge in [-0.25, -0.2) is 0 Å². The zero-order chi connectivity index (χ0) is 14.7. The fourth-order valence-corrected chi connectivity index (χ4v) is 3.27. The zero-order valence-electron chi connectivity index (χ0n) is 11.8. The minimum atomic E-state index is -0.691. The lowest BCUT2D eigenvalue weighted by molar-refractivity contribution is -0.123. The van der Waals surface area contributed by atoms with Gasteiger partial charge in [-0.3, -0.25) is 4.90 Å². The molecule has 2 aromatic rings. The lowest BCUT2D eigenvalue weighted by Gasteiger charge is -2.43. The number of alkyl halides is 1. The molecule has 4 heteroatoms. The van der Waals surface area contributed by atoms with E-state index in [9.17, 15) is 5.21 Å². The minimum Gasteiger partial charge on any atom is -0.314 e. The van der Waals surface area contributed by atoms with E-state index in [-0.39, 0.29) is 0 Å². The summed E-state index contributed by atoms with van der Waals surface area (Å²) >= 11 is 7.14. The fraction of sp³-hybridized carbons (Fsp3) is 0.294. The summed E-state index contributed by atoms with van der Waals surface area (Å²) in [6.45, 7) is 2.66. The van der Waals surface area contributed by atoms with Gasteiger partial charge in [-0.1, -0.05) is 72.3 Å². The molecule has 0 atom stereocenters. The van der Waals surface area contributed by atoms with Crippen LogP contribution in [0.15, 0.2) is 60.7 Å². The van der Waals surface area contributed by atoms with Crippen LogP contribution in [0.3, 0.4) is 0 Å². The van der Waals surface area contributed by atoms with E-state index in [4.69, 9.17) is 11.6 Å². The second kappa shape index (κ2) is 6.16. The van der Waals surface area contributed by atoms with E-state index in [2.05, 4.69) is 29.2 Å². The van der Waals surface area contributed by atoms with E-state index < -0.39 is 5.00 Å². The number of halogens is 1. The maximum absolute atomic E-state index is 9.60. The number of hydrogen-bond donors (Lipinski definition) is 1. The molecular formula is C17H19ClN2O. The zero-order valence-corrected chi connectivity index (χ0v) is 12.6. The number of benzene rings is 2. The topological polar surface area (TPSA) is 26.7 Å². The van der Waals surface area contributed by atoms with Gasteiger partial charge in [0.1, 0.15) is 5.00 Å².